The molecule has 1 aromatic rings. The second kappa shape index (κ2) is 5.48. The first-order valence-electron chi connectivity index (χ1n) is 6.35. The molecule has 0 aromatic carbocycles. The SMILES string of the molecule is CCn1cc(S(=O)(=O)N2CCC(OC)CC2)c(N)n1. The van der Waals surface area contributed by atoms with Gasteiger partial charge in [0.15, 0.2) is 5.82 Å². The summed E-state index contributed by atoms with van der Waals surface area (Å²) in [5.74, 6) is 0.0655. The van der Waals surface area contributed by atoms with Crippen molar-refractivity contribution in [2.75, 3.05) is 25.9 Å². The minimum Gasteiger partial charge on any atom is -0.381 e. The second-order valence-electron chi connectivity index (χ2n) is 4.57. The number of aryl methyl sites for hydroxylation is 1. The van der Waals surface area contributed by atoms with Gasteiger partial charge >= 0.3 is 0 Å². The van der Waals surface area contributed by atoms with E-state index in [2.05, 4.69) is 5.10 Å². The number of rotatable bonds is 4. The van der Waals surface area contributed by atoms with Gasteiger partial charge in [-0.25, -0.2) is 8.42 Å². The molecule has 2 rings (SSSR count). The number of sulfonamides is 1. The zero-order valence-corrected chi connectivity index (χ0v) is 12.1. The molecule has 0 unspecified atom stereocenters. The van der Waals surface area contributed by atoms with Crippen molar-refractivity contribution in [2.45, 2.75) is 37.3 Å². The van der Waals surface area contributed by atoms with Crippen LogP contribution in [0, 0.1) is 0 Å². The Bertz CT molecular complexity index is 532. The molecule has 0 amide bonds. The molecule has 8 heteroatoms. The maximum atomic E-state index is 12.5. The smallest absolute Gasteiger partial charge is 0.248 e. The first kappa shape index (κ1) is 14.3. The van der Waals surface area contributed by atoms with Gasteiger partial charge in [0.1, 0.15) is 4.90 Å². The van der Waals surface area contributed by atoms with E-state index in [-0.39, 0.29) is 16.8 Å². The molecule has 1 saturated heterocycles. The molecule has 0 spiro atoms. The summed E-state index contributed by atoms with van der Waals surface area (Å²) in [5.41, 5.74) is 5.70. The van der Waals surface area contributed by atoms with Gasteiger partial charge in [-0.2, -0.15) is 9.40 Å². The predicted octanol–water partition coefficient (Wildman–Crippen LogP) is 0.285. The Morgan fingerprint density at radius 2 is 2.11 bits per heavy atom. The number of anilines is 1. The Hall–Kier alpha value is -1.12. The third-order valence-electron chi connectivity index (χ3n) is 3.43. The van der Waals surface area contributed by atoms with Crippen LogP contribution >= 0.6 is 0 Å². The number of methoxy groups -OCH3 is 1. The zero-order chi connectivity index (χ0) is 14.0. The molecule has 0 aliphatic carbocycles. The van der Waals surface area contributed by atoms with Crippen LogP contribution in [-0.4, -0.2) is 48.8 Å². The molecule has 1 aliphatic rings. The maximum Gasteiger partial charge on any atom is 0.248 e. The molecule has 2 heterocycles. The van der Waals surface area contributed by atoms with E-state index in [4.69, 9.17) is 10.5 Å². The van der Waals surface area contributed by atoms with Crippen LogP contribution in [0.2, 0.25) is 0 Å². The molecule has 1 fully saturated rings. The molecule has 0 radical (unpaired) electrons. The third-order valence-corrected chi connectivity index (χ3v) is 5.35. The van der Waals surface area contributed by atoms with Gasteiger partial charge in [0.05, 0.1) is 6.10 Å². The van der Waals surface area contributed by atoms with Gasteiger partial charge in [0, 0.05) is 32.9 Å². The highest BCUT2D eigenvalue weighted by Crippen LogP contribution is 2.24. The standard InChI is InChI=1S/C11H20N4O3S/c1-3-14-8-10(11(12)13-14)19(16,17)15-6-4-9(18-2)5-7-15/h8-9H,3-7H2,1-2H3,(H2,12,13). The summed E-state index contributed by atoms with van der Waals surface area (Å²) < 4.78 is 33.2. The average Bonchev–Trinajstić information content (AvgIpc) is 2.81. The molecule has 0 bridgehead atoms. The van der Waals surface area contributed by atoms with Crippen molar-refractivity contribution in [1.82, 2.24) is 14.1 Å². The minimum atomic E-state index is -3.54. The van der Waals surface area contributed by atoms with Crippen LogP contribution in [-0.2, 0) is 21.3 Å². The van der Waals surface area contributed by atoms with E-state index in [1.54, 1.807) is 7.11 Å². The van der Waals surface area contributed by atoms with Crippen LogP contribution in [0.3, 0.4) is 0 Å². The van der Waals surface area contributed by atoms with E-state index >= 15 is 0 Å². The Balaban J connectivity index is 2.20. The molecular formula is C11H20N4O3S. The van der Waals surface area contributed by atoms with Crippen molar-refractivity contribution in [3.63, 3.8) is 0 Å². The molecule has 1 aromatic heterocycles. The van der Waals surface area contributed by atoms with Crippen LogP contribution < -0.4 is 5.73 Å². The highest BCUT2D eigenvalue weighted by atomic mass is 32.2. The monoisotopic (exact) mass is 288 g/mol. The van der Waals surface area contributed by atoms with Crippen molar-refractivity contribution >= 4 is 15.8 Å². The third kappa shape index (κ3) is 2.75. The van der Waals surface area contributed by atoms with Crippen LogP contribution in [0.1, 0.15) is 19.8 Å². The van der Waals surface area contributed by atoms with Gasteiger partial charge in [0.25, 0.3) is 0 Å². The van der Waals surface area contributed by atoms with Gasteiger partial charge in [-0.05, 0) is 19.8 Å². The summed E-state index contributed by atoms with van der Waals surface area (Å²) >= 11 is 0. The maximum absolute atomic E-state index is 12.5. The number of aromatic nitrogens is 2. The summed E-state index contributed by atoms with van der Waals surface area (Å²) in [6.07, 6.45) is 3.05. The van der Waals surface area contributed by atoms with E-state index in [9.17, 15) is 8.42 Å². The van der Waals surface area contributed by atoms with Gasteiger partial charge in [0.2, 0.25) is 10.0 Å². The fourth-order valence-electron chi connectivity index (χ4n) is 2.23. The number of hydrogen-bond acceptors (Lipinski definition) is 5. The Labute approximate surface area is 113 Å². The quantitative estimate of drug-likeness (QED) is 0.859. The van der Waals surface area contributed by atoms with Gasteiger partial charge in [-0.3, -0.25) is 4.68 Å². The predicted molar refractivity (Wildman–Crippen MR) is 71.1 cm³/mol. The van der Waals surface area contributed by atoms with E-state index in [0.717, 1.165) is 0 Å². The fraction of sp³-hybridized carbons (Fsp3) is 0.727. The van der Waals surface area contributed by atoms with Crippen molar-refractivity contribution in [2.24, 2.45) is 0 Å². The first-order chi connectivity index (χ1) is 8.98. The highest BCUT2D eigenvalue weighted by molar-refractivity contribution is 7.89. The highest BCUT2D eigenvalue weighted by Gasteiger charge is 2.32. The lowest BCUT2D eigenvalue weighted by molar-refractivity contribution is 0.0604. The van der Waals surface area contributed by atoms with Crippen molar-refractivity contribution in [3.8, 4) is 0 Å². The van der Waals surface area contributed by atoms with Crippen molar-refractivity contribution < 1.29 is 13.2 Å². The second-order valence-corrected chi connectivity index (χ2v) is 6.48. The largest absolute Gasteiger partial charge is 0.381 e. The summed E-state index contributed by atoms with van der Waals surface area (Å²) in [4.78, 5) is 0.102. The summed E-state index contributed by atoms with van der Waals surface area (Å²) in [6, 6.07) is 0. The fourth-order valence-corrected chi connectivity index (χ4v) is 3.76. The lowest BCUT2D eigenvalue weighted by atomic mass is 10.1. The first-order valence-corrected chi connectivity index (χ1v) is 7.79. The summed E-state index contributed by atoms with van der Waals surface area (Å²) in [6.45, 7) is 3.38. The normalized spacial score (nSPS) is 18.8. The van der Waals surface area contributed by atoms with Crippen LogP contribution in [0.25, 0.3) is 0 Å². The van der Waals surface area contributed by atoms with Gasteiger partial charge < -0.3 is 10.5 Å². The number of nitrogen functional groups attached to an aromatic ring is 1. The molecule has 108 valence electrons. The molecule has 2 N–H and O–H groups in total. The topological polar surface area (TPSA) is 90.5 Å². The lowest BCUT2D eigenvalue weighted by Gasteiger charge is -2.30. The number of piperidine rings is 1. The van der Waals surface area contributed by atoms with Gasteiger partial charge in [-0.15, -0.1) is 0 Å². The summed E-state index contributed by atoms with van der Waals surface area (Å²) in [5, 5.41) is 3.99. The molecule has 0 atom stereocenters. The van der Waals surface area contributed by atoms with E-state index < -0.39 is 10.0 Å². The Morgan fingerprint density at radius 3 is 2.58 bits per heavy atom. The molecule has 1 aliphatic heterocycles. The molecular weight excluding hydrogens is 268 g/mol. The number of nitrogens with two attached hydrogens (primary N) is 1. The lowest BCUT2D eigenvalue weighted by Crippen LogP contribution is -2.40. The molecule has 7 nitrogen and oxygen atoms in total. The summed E-state index contributed by atoms with van der Waals surface area (Å²) in [7, 11) is -1.89. The minimum absolute atomic E-state index is 0.0655. The Morgan fingerprint density at radius 1 is 1.47 bits per heavy atom. The molecule has 0 saturated carbocycles. The van der Waals surface area contributed by atoms with Crippen LogP contribution in [0.4, 0.5) is 5.82 Å². The number of nitrogens with zero attached hydrogens (tertiary/aromatic N) is 3. The van der Waals surface area contributed by atoms with Gasteiger partial charge in [-0.1, -0.05) is 0 Å². The van der Waals surface area contributed by atoms with Crippen molar-refractivity contribution in [1.29, 1.82) is 0 Å². The zero-order valence-electron chi connectivity index (χ0n) is 11.2. The van der Waals surface area contributed by atoms with E-state index in [1.165, 1.54) is 15.2 Å². The van der Waals surface area contributed by atoms with Crippen LogP contribution in [0.15, 0.2) is 11.1 Å². The average molecular weight is 288 g/mol. The number of hydrogen-bond donors (Lipinski definition) is 1. The van der Waals surface area contributed by atoms with Crippen molar-refractivity contribution in [3.05, 3.63) is 6.20 Å². The van der Waals surface area contributed by atoms with E-state index in [0.29, 0.717) is 32.5 Å². The van der Waals surface area contributed by atoms with Crippen LogP contribution in [0.5, 0.6) is 0 Å². The van der Waals surface area contributed by atoms with E-state index in [1.807, 2.05) is 6.92 Å². The molecule has 19 heavy (non-hydrogen) atoms. The number of ether oxygens (including phenoxy) is 1. The Kier molecular flexibility index (Phi) is 4.12.